The molecule has 198 valence electrons. The third-order valence-electron chi connectivity index (χ3n) is 4.53. The number of hydrogen-bond donors (Lipinski definition) is 2. The van der Waals surface area contributed by atoms with Crippen LogP contribution in [-0.4, -0.2) is 53.9 Å². The van der Waals surface area contributed by atoms with E-state index in [0.29, 0.717) is 16.4 Å². The monoisotopic (exact) mass is 551 g/mol. The molecule has 2 heterocycles. The molecular formula is C24H27ClFN5O5S. The van der Waals surface area contributed by atoms with Gasteiger partial charge in [-0.05, 0) is 57.5 Å². The predicted octanol–water partition coefficient (Wildman–Crippen LogP) is 5.24. The van der Waals surface area contributed by atoms with E-state index in [1.54, 1.807) is 32.9 Å². The van der Waals surface area contributed by atoms with Crippen molar-refractivity contribution >= 4 is 44.7 Å². The smallest absolute Gasteiger partial charge is 0.413 e. The number of carbonyl (C=O) groups excluding carboxylic acids is 1. The van der Waals surface area contributed by atoms with E-state index in [1.165, 1.54) is 30.5 Å². The second-order valence-corrected chi connectivity index (χ2v) is 11.8. The molecule has 37 heavy (non-hydrogen) atoms. The molecule has 1 amide bonds. The first-order valence-electron chi connectivity index (χ1n) is 11.2. The molecule has 1 aromatic carbocycles. The van der Waals surface area contributed by atoms with Gasteiger partial charge in [0.2, 0.25) is 0 Å². The standard InChI is InChI=1S/C24H27ClFN5O5S/c1-24(2,3)36-23(32)29-21-13-16(8-9-27-21)28-20-14-19(17-12-15(25)6-7-18(17)26)30-31-22(20)35-10-5-11-37(4,33)34/h6-9,12-14H,5,10-11H2,1-4H3,(H2,27,28,29,30,32). The molecule has 0 spiro atoms. The first-order valence-corrected chi connectivity index (χ1v) is 13.6. The quantitative estimate of drug-likeness (QED) is 0.343. The maximum Gasteiger partial charge on any atom is 0.413 e. The molecule has 0 radical (unpaired) electrons. The SMILES string of the molecule is CC(C)(C)OC(=O)Nc1cc(Nc2cc(-c3cc(Cl)ccc3F)nnc2OCCCS(C)(=O)=O)ccn1. The van der Waals surface area contributed by atoms with Gasteiger partial charge in [-0.3, -0.25) is 5.32 Å². The molecule has 0 aliphatic rings. The molecule has 3 aromatic rings. The fourth-order valence-corrected chi connectivity index (χ4v) is 3.85. The van der Waals surface area contributed by atoms with E-state index in [4.69, 9.17) is 21.1 Å². The summed E-state index contributed by atoms with van der Waals surface area (Å²) >= 11 is 6.03. The number of nitrogens with zero attached hydrogens (tertiary/aromatic N) is 3. The molecule has 0 aliphatic carbocycles. The van der Waals surface area contributed by atoms with Gasteiger partial charge in [-0.1, -0.05) is 11.6 Å². The van der Waals surface area contributed by atoms with E-state index >= 15 is 0 Å². The Morgan fingerprint density at radius 3 is 2.59 bits per heavy atom. The van der Waals surface area contributed by atoms with Gasteiger partial charge in [-0.2, -0.15) is 0 Å². The highest BCUT2D eigenvalue weighted by atomic mass is 35.5. The number of carbonyl (C=O) groups is 1. The number of hydrogen-bond acceptors (Lipinski definition) is 9. The molecular weight excluding hydrogens is 525 g/mol. The summed E-state index contributed by atoms with van der Waals surface area (Å²) < 4.78 is 48.2. The summed E-state index contributed by atoms with van der Waals surface area (Å²) in [5.41, 5.74) is 0.449. The zero-order chi connectivity index (χ0) is 27.2. The van der Waals surface area contributed by atoms with Crippen molar-refractivity contribution in [1.82, 2.24) is 15.2 Å². The summed E-state index contributed by atoms with van der Waals surface area (Å²) in [6, 6.07) is 8.77. The number of rotatable bonds is 9. The molecule has 0 bridgehead atoms. The average molecular weight is 552 g/mol. The number of benzene rings is 1. The summed E-state index contributed by atoms with van der Waals surface area (Å²) in [4.78, 5) is 16.2. The van der Waals surface area contributed by atoms with Gasteiger partial charge in [-0.15, -0.1) is 10.2 Å². The number of aromatic nitrogens is 3. The van der Waals surface area contributed by atoms with Crippen molar-refractivity contribution in [3.8, 4) is 17.1 Å². The molecule has 3 rings (SSSR count). The maximum atomic E-state index is 14.5. The summed E-state index contributed by atoms with van der Waals surface area (Å²) in [6.07, 6.45) is 2.18. The summed E-state index contributed by atoms with van der Waals surface area (Å²) in [7, 11) is -3.15. The molecule has 0 fully saturated rings. The van der Waals surface area contributed by atoms with Crippen molar-refractivity contribution in [2.75, 3.05) is 29.2 Å². The van der Waals surface area contributed by atoms with E-state index in [1.807, 2.05) is 0 Å². The third kappa shape index (κ3) is 9.14. The minimum Gasteiger partial charge on any atom is -0.475 e. The highest BCUT2D eigenvalue weighted by molar-refractivity contribution is 7.90. The van der Waals surface area contributed by atoms with Crippen LogP contribution >= 0.6 is 11.6 Å². The van der Waals surface area contributed by atoms with Crippen molar-refractivity contribution in [3.63, 3.8) is 0 Å². The number of halogens is 2. The Morgan fingerprint density at radius 2 is 1.89 bits per heavy atom. The highest BCUT2D eigenvalue weighted by Crippen LogP contribution is 2.32. The minimum absolute atomic E-state index is 0.0565. The number of amides is 1. The Labute approximate surface area is 219 Å². The molecule has 0 atom stereocenters. The van der Waals surface area contributed by atoms with E-state index in [-0.39, 0.29) is 41.7 Å². The Hall–Kier alpha value is -3.51. The van der Waals surface area contributed by atoms with Crippen molar-refractivity contribution in [2.24, 2.45) is 0 Å². The topological polar surface area (TPSA) is 132 Å². The van der Waals surface area contributed by atoms with Crippen molar-refractivity contribution in [2.45, 2.75) is 32.8 Å². The van der Waals surface area contributed by atoms with Crippen LogP contribution in [0.5, 0.6) is 5.88 Å². The van der Waals surface area contributed by atoms with Gasteiger partial charge in [0.25, 0.3) is 5.88 Å². The van der Waals surface area contributed by atoms with Gasteiger partial charge in [0.15, 0.2) is 0 Å². The molecule has 0 saturated carbocycles. The van der Waals surface area contributed by atoms with Gasteiger partial charge in [0.1, 0.15) is 32.8 Å². The van der Waals surface area contributed by atoms with Gasteiger partial charge in [0, 0.05) is 34.8 Å². The van der Waals surface area contributed by atoms with Crippen LogP contribution in [0.3, 0.4) is 0 Å². The van der Waals surface area contributed by atoms with Gasteiger partial charge < -0.3 is 14.8 Å². The number of pyridine rings is 1. The molecule has 0 aliphatic heterocycles. The van der Waals surface area contributed by atoms with Crippen LogP contribution in [0.1, 0.15) is 27.2 Å². The largest absolute Gasteiger partial charge is 0.475 e. The normalized spacial score (nSPS) is 11.6. The van der Waals surface area contributed by atoms with Crippen LogP contribution in [0.25, 0.3) is 11.3 Å². The predicted molar refractivity (Wildman–Crippen MR) is 140 cm³/mol. The van der Waals surface area contributed by atoms with Crippen LogP contribution in [0.2, 0.25) is 5.02 Å². The van der Waals surface area contributed by atoms with E-state index in [2.05, 4.69) is 25.8 Å². The first kappa shape index (κ1) is 28.1. The lowest BCUT2D eigenvalue weighted by molar-refractivity contribution is 0.0635. The zero-order valence-corrected chi connectivity index (χ0v) is 22.3. The Balaban J connectivity index is 1.88. The highest BCUT2D eigenvalue weighted by Gasteiger charge is 2.18. The minimum atomic E-state index is -3.15. The van der Waals surface area contributed by atoms with Crippen LogP contribution < -0.4 is 15.4 Å². The molecule has 2 N–H and O–H groups in total. The Morgan fingerprint density at radius 1 is 1.14 bits per heavy atom. The van der Waals surface area contributed by atoms with Gasteiger partial charge in [0.05, 0.1) is 18.1 Å². The molecule has 10 nitrogen and oxygen atoms in total. The van der Waals surface area contributed by atoms with Crippen LogP contribution in [0.4, 0.5) is 26.4 Å². The van der Waals surface area contributed by atoms with Gasteiger partial charge in [-0.25, -0.2) is 22.6 Å². The number of nitrogens with one attached hydrogen (secondary N) is 2. The number of sulfone groups is 1. The van der Waals surface area contributed by atoms with E-state index in [9.17, 15) is 17.6 Å². The van der Waals surface area contributed by atoms with Crippen molar-refractivity contribution in [3.05, 3.63) is 53.4 Å². The maximum absolute atomic E-state index is 14.5. The van der Waals surface area contributed by atoms with Crippen LogP contribution in [-0.2, 0) is 14.6 Å². The Kier molecular flexibility index (Phi) is 8.87. The second kappa shape index (κ2) is 11.7. The number of ether oxygens (including phenoxy) is 2. The van der Waals surface area contributed by atoms with Crippen molar-refractivity contribution in [1.29, 1.82) is 0 Å². The van der Waals surface area contributed by atoms with E-state index in [0.717, 1.165) is 6.26 Å². The van der Waals surface area contributed by atoms with Crippen LogP contribution in [0.15, 0.2) is 42.6 Å². The zero-order valence-electron chi connectivity index (χ0n) is 20.7. The molecule has 0 saturated heterocycles. The summed E-state index contributed by atoms with van der Waals surface area (Å²) in [5, 5.41) is 14.1. The van der Waals surface area contributed by atoms with E-state index < -0.39 is 27.3 Å². The molecule has 2 aromatic heterocycles. The van der Waals surface area contributed by atoms with Gasteiger partial charge >= 0.3 is 6.09 Å². The lowest BCUT2D eigenvalue weighted by Gasteiger charge is -2.19. The van der Waals surface area contributed by atoms with Crippen molar-refractivity contribution < 1.29 is 27.1 Å². The first-order chi connectivity index (χ1) is 17.3. The lowest BCUT2D eigenvalue weighted by atomic mass is 10.1. The van der Waals surface area contributed by atoms with Crippen LogP contribution in [0, 0.1) is 5.82 Å². The third-order valence-corrected chi connectivity index (χ3v) is 5.80. The average Bonchev–Trinajstić information content (AvgIpc) is 2.77. The fraction of sp³-hybridized carbons (Fsp3) is 0.333. The second-order valence-electron chi connectivity index (χ2n) is 9.09. The Bertz CT molecular complexity index is 1380. The summed E-state index contributed by atoms with van der Waals surface area (Å²) in [6.45, 7) is 5.29. The fourth-order valence-electron chi connectivity index (χ4n) is 3.03. The number of anilines is 3. The molecule has 13 heteroatoms. The molecule has 0 unspecified atom stereocenters. The lowest BCUT2D eigenvalue weighted by Crippen LogP contribution is -2.27. The summed E-state index contributed by atoms with van der Waals surface area (Å²) in [5.74, 6) is -0.311.